The van der Waals surface area contributed by atoms with Crippen LogP contribution in [0.1, 0.15) is 25.9 Å². The number of halogens is 1. The lowest BCUT2D eigenvalue weighted by Crippen LogP contribution is -2.23. The van der Waals surface area contributed by atoms with Crippen molar-refractivity contribution in [3.05, 3.63) is 51.2 Å². The number of benzene rings is 1. The van der Waals surface area contributed by atoms with Crippen molar-refractivity contribution in [1.29, 1.82) is 0 Å². The average Bonchev–Trinajstić information content (AvgIpc) is 2.79. The summed E-state index contributed by atoms with van der Waals surface area (Å²) in [5.41, 5.74) is 1.64. The molecule has 0 aliphatic carbocycles. The van der Waals surface area contributed by atoms with Crippen molar-refractivity contribution in [2.45, 2.75) is 13.3 Å². The van der Waals surface area contributed by atoms with Crippen LogP contribution in [0.2, 0.25) is 0 Å². The number of aryl methyl sites for hydroxylation is 1. The number of thiazole rings is 1. The van der Waals surface area contributed by atoms with E-state index in [1.807, 2.05) is 0 Å². The van der Waals surface area contributed by atoms with Crippen LogP contribution in [0.3, 0.4) is 0 Å². The Morgan fingerprint density at radius 2 is 2.15 bits per heavy atom. The second-order valence-electron chi connectivity index (χ2n) is 4.21. The van der Waals surface area contributed by atoms with Crippen LogP contribution in [0.5, 0.6) is 0 Å². The summed E-state index contributed by atoms with van der Waals surface area (Å²) in [7, 11) is 0. The van der Waals surface area contributed by atoms with E-state index >= 15 is 0 Å². The van der Waals surface area contributed by atoms with Crippen molar-refractivity contribution in [3.63, 3.8) is 0 Å². The maximum atomic E-state index is 12.8. The number of terminal acetylenes is 1. The largest absolute Gasteiger partial charge is 0.340 e. The van der Waals surface area contributed by atoms with Crippen LogP contribution in [0.25, 0.3) is 0 Å². The summed E-state index contributed by atoms with van der Waals surface area (Å²) in [4.78, 5) is 16.8. The third-order valence-corrected chi connectivity index (χ3v) is 3.82. The van der Waals surface area contributed by atoms with Crippen molar-refractivity contribution >= 4 is 17.2 Å². The molecule has 0 saturated carbocycles. The van der Waals surface area contributed by atoms with Gasteiger partial charge in [0, 0.05) is 6.42 Å². The van der Waals surface area contributed by atoms with Gasteiger partial charge >= 0.3 is 0 Å². The lowest BCUT2D eigenvalue weighted by Gasteiger charge is -1.98. The van der Waals surface area contributed by atoms with Crippen LogP contribution in [0, 0.1) is 25.1 Å². The van der Waals surface area contributed by atoms with Crippen molar-refractivity contribution in [1.82, 2.24) is 10.3 Å². The second-order valence-corrected chi connectivity index (χ2v) is 5.30. The quantitative estimate of drug-likeness (QED) is 0.879. The van der Waals surface area contributed by atoms with Gasteiger partial charge in [0.2, 0.25) is 0 Å². The third-order valence-electron chi connectivity index (χ3n) is 2.67. The van der Waals surface area contributed by atoms with Gasteiger partial charge in [0.25, 0.3) is 5.91 Å². The van der Waals surface area contributed by atoms with Crippen molar-refractivity contribution in [2.75, 3.05) is 6.54 Å². The molecule has 2 rings (SSSR count). The monoisotopic (exact) mass is 288 g/mol. The van der Waals surface area contributed by atoms with Gasteiger partial charge in [0.1, 0.15) is 10.7 Å². The molecule has 20 heavy (non-hydrogen) atoms. The molecule has 102 valence electrons. The third kappa shape index (κ3) is 3.43. The number of rotatable bonds is 4. The van der Waals surface area contributed by atoms with Gasteiger partial charge in [0.15, 0.2) is 0 Å². The number of amides is 1. The van der Waals surface area contributed by atoms with E-state index in [9.17, 15) is 9.18 Å². The first-order valence-corrected chi connectivity index (χ1v) is 6.84. The molecule has 1 heterocycles. The molecule has 0 saturated heterocycles. The van der Waals surface area contributed by atoms with E-state index in [2.05, 4.69) is 16.2 Å². The van der Waals surface area contributed by atoms with Crippen LogP contribution in [-0.4, -0.2) is 17.4 Å². The summed E-state index contributed by atoms with van der Waals surface area (Å²) < 4.78 is 12.8. The summed E-state index contributed by atoms with van der Waals surface area (Å²) >= 11 is 1.33. The molecular weight excluding hydrogens is 275 g/mol. The molecule has 0 aliphatic rings. The molecule has 1 aromatic carbocycles. The van der Waals surface area contributed by atoms with E-state index < -0.39 is 0 Å². The van der Waals surface area contributed by atoms with Crippen LogP contribution >= 0.6 is 11.3 Å². The zero-order valence-electron chi connectivity index (χ0n) is 10.9. The fraction of sp³-hybridized carbons (Fsp3) is 0.200. The smallest absolute Gasteiger partial charge is 0.264 e. The average molecular weight is 288 g/mol. The lowest BCUT2D eigenvalue weighted by atomic mass is 10.1. The number of nitrogens with zero attached hydrogens (tertiary/aromatic N) is 1. The number of carbonyl (C=O) groups is 1. The zero-order valence-corrected chi connectivity index (χ0v) is 11.8. The summed E-state index contributed by atoms with van der Waals surface area (Å²) in [6, 6.07) is 6.25. The van der Waals surface area contributed by atoms with Gasteiger partial charge < -0.3 is 5.32 Å². The minimum absolute atomic E-state index is 0.198. The van der Waals surface area contributed by atoms with Crippen molar-refractivity contribution < 1.29 is 9.18 Å². The molecule has 5 heteroatoms. The highest BCUT2D eigenvalue weighted by molar-refractivity contribution is 7.13. The van der Waals surface area contributed by atoms with Crippen LogP contribution < -0.4 is 5.32 Å². The predicted octanol–water partition coefficient (Wildman–Crippen LogP) is 2.54. The number of nitrogens with one attached hydrogen (secondary N) is 1. The van der Waals surface area contributed by atoms with Gasteiger partial charge in [-0.15, -0.1) is 17.8 Å². The summed E-state index contributed by atoms with van der Waals surface area (Å²) in [6.07, 6.45) is 5.68. The fourth-order valence-electron chi connectivity index (χ4n) is 1.73. The van der Waals surface area contributed by atoms with Gasteiger partial charge in [0.05, 0.1) is 17.2 Å². The van der Waals surface area contributed by atoms with E-state index in [-0.39, 0.29) is 18.3 Å². The van der Waals surface area contributed by atoms with Crippen molar-refractivity contribution in [3.8, 4) is 12.3 Å². The Morgan fingerprint density at radius 3 is 2.80 bits per heavy atom. The van der Waals surface area contributed by atoms with E-state index in [0.717, 1.165) is 10.6 Å². The molecule has 0 atom stereocenters. The lowest BCUT2D eigenvalue weighted by molar-refractivity contribution is 0.0962. The molecule has 0 fully saturated rings. The molecule has 0 bridgehead atoms. The summed E-state index contributed by atoms with van der Waals surface area (Å²) in [5, 5.41) is 3.44. The Morgan fingerprint density at radius 1 is 1.45 bits per heavy atom. The number of carbonyl (C=O) groups excluding carboxylic acids is 1. The molecule has 1 aromatic heterocycles. The number of hydrogen-bond donors (Lipinski definition) is 1. The molecular formula is C15H13FN2OS. The Bertz CT molecular complexity index is 656. The van der Waals surface area contributed by atoms with Gasteiger partial charge in [-0.2, -0.15) is 0 Å². The van der Waals surface area contributed by atoms with Crippen LogP contribution in [-0.2, 0) is 6.42 Å². The Balaban J connectivity index is 2.13. The molecule has 0 unspecified atom stereocenters. The van der Waals surface area contributed by atoms with Gasteiger partial charge in [-0.3, -0.25) is 4.79 Å². The summed E-state index contributed by atoms with van der Waals surface area (Å²) in [5.74, 6) is 1.89. The summed E-state index contributed by atoms with van der Waals surface area (Å²) in [6.45, 7) is 1.99. The van der Waals surface area contributed by atoms with Gasteiger partial charge in [-0.05, 0) is 24.6 Å². The molecule has 0 spiro atoms. The van der Waals surface area contributed by atoms with Gasteiger partial charge in [-0.25, -0.2) is 9.37 Å². The predicted molar refractivity (Wildman–Crippen MR) is 77.2 cm³/mol. The maximum absolute atomic E-state index is 12.8. The number of hydrogen-bond acceptors (Lipinski definition) is 3. The molecule has 1 N–H and O–H groups in total. The maximum Gasteiger partial charge on any atom is 0.264 e. The molecule has 3 nitrogen and oxygen atoms in total. The first kappa shape index (κ1) is 14.2. The number of aromatic nitrogens is 1. The van der Waals surface area contributed by atoms with E-state index in [0.29, 0.717) is 17.0 Å². The first-order chi connectivity index (χ1) is 9.60. The standard InChI is InChI=1S/C15H13FN2OS/c1-3-8-17-15(19)14-10(2)18-13(20-14)9-11-4-6-12(16)7-5-11/h1,4-7H,8-9H2,2H3,(H,17,19). The van der Waals surface area contributed by atoms with E-state index in [1.165, 1.54) is 23.5 Å². The molecule has 2 aromatic rings. The SMILES string of the molecule is C#CCNC(=O)c1sc(Cc2ccc(F)cc2)nc1C. The minimum Gasteiger partial charge on any atom is -0.340 e. The topological polar surface area (TPSA) is 42.0 Å². The Labute approximate surface area is 120 Å². The zero-order chi connectivity index (χ0) is 14.5. The van der Waals surface area contributed by atoms with Crippen LogP contribution in [0.15, 0.2) is 24.3 Å². The second kappa shape index (κ2) is 6.31. The highest BCUT2D eigenvalue weighted by Crippen LogP contribution is 2.21. The van der Waals surface area contributed by atoms with Gasteiger partial charge in [-0.1, -0.05) is 18.1 Å². The fourth-order valence-corrected chi connectivity index (χ4v) is 2.74. The first-order valence-electron chi connectivity index (χ1n) is 6.02. The molecule has 0 radical (unpaired) electrons. The molecule has 0 aliphatic heterocycles. The highest BCUT2D eigenvalue weighted by Gasteiger charge is 2.14. The molecule has 1 amide bonds. The Hall–Kier alpha value is -2.19. The highest BCUT2D eigenvalue weighted by atomic mass is 32.1. The van der Waals surface area contributed by atoms with Crippen molar-refractivity contribution in [2.24, 2.45) is 0 Å². The van der Waals surface area contributed by atoms with Crippen LogP contribution in [0.4, 0.5) is 4.39 Å². The minimum atomic E-state index is -0.265. The van der Waals surface area contributed by atoms with E-state index in [1.54, 1.807) is 19.1 Å². The normalized spacial score (nSPS) is 10.1. The Kier molecular flexibility index (Phi) is 4.49. The van der Waals surface area contributed by atoms with E-state index in [4.69, 9.17) is 6.42 Å².